The molecule has 6 unspecified atom stereocenters. The number of carbonyl (C=O) groups is 2. The minimum absolute atomic E-state index is 0.0245. The van der Waals surface area contributed by atoms with Crippen LogP contribution in [0.1, 0.15) is 45.1 Å². The number of anilines is 1. The van der Waals surface area contributed by atoms with Crippen molar-refractivity contribution in [3.05, 3.63) is 90.3 Å². The van der Waals surface area contributed by atoms with E-state index < -0.39 is 70.8 Å². The largest absolute Gasteiger partial charge is 0.481 e. The Bertz CT molecular complexity index is 1450. The average molecular weight is 593 g/mol. The van der Waals surface area contributed by atoms with Crippen molar-refractivity contribution >= 4 is 17.6 Å². The van der Waals surface area contributed by atoms with Crippen LogP contribution in [0.15, 0.2) is 84.7 Å². The van der Waals surface area contributed by atoms with Gasteiger partial charge in [0.1, 0.15) is 5.83 Å². The summed E-state index contributed by atoms with van der Waals surface area (Å²) in [6, 6.07) is 18.1. The molecule has 4 aliphatic rings. The highest BCUT2D eigenvalue weighted by Gasteiger charge is 2.99. The smallest absolute Gasteiger partial charge is 0.305 e. The number of hydrogen-bond acceptors (Lipinski definition) is 7. The third-order valence-electron chi connectivity index (χ3n) is 9.46. The van der Waals surface area contributed by atoms with Gasteiger partial charge >= 0.3 is 5.97 Å². The summed E-state index contributed by atoms with van der Waals surface area (Å²) in [6.07, 6.45) is 2.82. The summed E-state index contributed by atoms with van der Waals surface area (Å²) in [7, 11) is 0. The normalized spacial score (nSPS) is 35.5. The Labute approximate surface area is 249 Å². The van der Waals surface area contributed by atoms with Crippen molar-refractivity contribution in [2.24, 2.45) is 11.8 Å². The number of hydrogen-bond donors (Lipinski definition) is 4. The standard InChI is InChI=1S/C33H37FN2O7/c1-21(2)32(41)31(29(40)35-25-11-7-4-8-12-25)30(43-31,22-9-5-3-6-10-22)33(23-13-15-24(34)16-14-23)36(32)18-17-27(42-33)19-26(37)20-28(38)39/h3-13,15-16,21,23,26-27,37,41H,14,17-20H2,1-2H3,(H,35,40)(H,38,39)/t23?,26?,27?,30?,31?,32-,33?/m1/s1. The summed E-state index contributed by atoms with van der Waals surface area (Å²) in [6.45, 7) is 3.90. The predicted octanol–water partition coefficient (Wildman–Crippen LogP) is 4.09. The number of allylic oxidation sites excluding steroid dienone is 3. The van der Waals surface area contributed by atoms with Crippen LogP contribution in [0.3, 0.4) is 0 Å². The van der Waals surface area contributed by atoms with Gasteiger partial charge in [-0.2, -0.15) is 0 Å². The Hall–Kier alpha value is -3.41. The summed E-state index contributed by atoms with van der Waals surface area (Å²) < 4.78 is 28.1. The van der Waals surface area contributed by atoms with Crippen LogP contribution in [0.4, 0.5) is 10.1 Å². The molecule has 0 bridgehead atoms. The van der Waals surface area contributed by atoms with Gasteiger partial charge in [-0.05, 0) is 48.6 Å². The first-order chi connectivity index (χ1) is 20.5. The molecule has 3 aliphatic heterocycles. The lowest BCUT2D eigenvalue weighted by molar-refractivity contribution is -0.332. The molecule has 0 radical (unpaired) electrons. The van der Waals surface area contributed by atoms with Crippen molar-refractivity contribution in [1.29, 1.82) is 0 Å². The molecule has 7 atom stereocenters. The highest BCUT2D eigenvalue weighted by molar-refractivity contribution is 6.03. The molecule has 3 saturated heterocycles. The number of aliphatic carboxylic acids is 1. The van der Waals surface area contributed by atoms with E-state index in [-0.39, 0.29) is 19.4 Å². The maximum Gasteiger partial charge on any atom is 0.305 e. The first kappa shape index (κ1) is 29.7. The number of carboxylic acid groups (broad SMARTS) is 1. The lowest BCUT2D eigenvalue weighted by Crippen LogP contribution is -2.71. The Balaban J connectivity index is 1.56. The molecule has 228 valence electrons. The molecular weight excluding hydrogens is 555 g/mol. The molecule has 6 rings (SSSR count). The summed E-state index contributed by atoms with van der Waals surface area (Å²) in [5.41, 5.74) is -5.65. The van der Waals surface area contributed by atoms with Gasteiger partial charge in [-0.15, -0.1) is 0 Å². The van der Waals surface area contributed by atoms with Crippen LogP contribution in [0, 0.1) is 11.8 Å². The zero-order valence-electron chi connectivity index (χ0n) is 24.2. The van der Waals surface area contributed by atoms with Crippen molar-refractivity contribution < 1.29 is 38.8 Å². The number of nitrogens with one attached hydrogen (secondary N) is 1. The van der Waals surface area contributed by atoms with Crippen LogP contribution in [-0.4, -0.2) is 67.9 Å². The molecule has 4 N–H and O–H groups in total. The van der Waals surface area contributed by atoms with Crippen LogP contribution < -0.4 is 5.32 Å². The number of rotatable bonds is 9. The zero-order chi connectivity index (χ0) is 30.6. The number of nitrogens with zero attached hydrogens (tertiary/aromatic N) is 1. The van der Waals surface area contributed by atoms with Gasteiger partial charge in [0, 0.05) is 24.6 Å². The second-order valence-electron chi connectivity index (χ2n) is 12.2. The Morgan fingerprint density at radius 3 is 2.40 bits per heavy atom. The summed E-state index contributed by atoms with van der Waals surface area (Å²) in [5, 5.41) is 35.8. The van der Waals surface area contributed by atoms with E-state index >= 15 is 0 Å². The van der Waals surface area contributed by atoms with Gasteiger partial charge in [-0.3, -0.25) is 9.59 Å². The first-order valence-electron chi connectivity index (χ1n) is 14.8. The molecule has 9 nitrogen and oxygen atoms in total. The zero-order valence-corrected chi connectivity index (χ0v) is 24.2. The molecule has 1 aliphatic carbocycles. The summed E-state index contributed by atoms with van der Waals surface area (Å²) in [5.74, 6) is -3.18. The molecule has 43 heavy (non-hydrogen) atoms. The van der Waals surface area contributed by atoms with E-state index in [0.717, 1.165) is 0 Å². The second-order valence-corrected chi connectivity index (χ2v) is 12.2. The molecule has 2 aromatic rings. The number of aliphatic hydroxyl groups is 2. The van der Waals surface area contributed by atoms with Crippen molar-refractivity contribution in [2.45, 2.75) is 74.4 Å². The van der Waals surface area contributed by atoms with E-state index in [2.05, 4.69) is 5.32 Å². The highest BCUT2D eigenvalue weighted by Crippen LogP contribution is 2.78. The van der Waals surface area contributed by atoms with Gasteiger partial charge in [0.15, 0.2) is 17.1 Å². The van der Waals surface area contributed by atoms with Gasteiger partial charge in [-0.1, -0.05) is 68.5 Å². The minimum atomic E-state index is -1.88. The second kappa shape index (κ2) is 10.6. The third-order valence-corrected chi connectivity index (χ3v) is 9.46. The van der Waals surface area contributed by atoms with Gasteiger partial charge in [-0.25, -0.2) is 9.29 Å². The molecule has 3 fully saturated rings. The van der Waals surface area contributed by atoms with Crippen molar-refractivity contribution in [3.8, 4) is 0 Å². The minimum Gasteiger partial charge on any atom is -0.481 e. The molecule has 10 heteroatoms. The number of benzene rings is 2. The average Bonchev–Trinajstić information content (AvgIpc) is 3.67. The molecule has 3 heterocycles. The quantitative estimate of drug-likeness (QED) is 0.320. The molecule has 1 amide bonds. The number of para-hydroxylation sites is 1. The molecule has 2 aromatic carbocycles. The van der Waals surface area contributed by atoms with Gasteiger partial charge < -0.3 is 30.1 Å². The summed E-state index contributed by atoms with van der Waals surface area (Å²) in [4.78, 5) is 27.8. The maximum absolute atomic E-state index is 14.6. The third kappa shape index (κ3) is 4.15. The molecular formula is C33H37FN2O7. The number of halogens is 1. The van der Waals surface area contributed by atoms with Crippen LogP contribution >= 0.6 is 0 Å². The van der Waals surface area contributed by atoms with Gasteiger partial charge in [0.2, 0.25) is 5.60 Å². The van der Waals surface area contributed by atoms with Crippen LogP contribution in [0.25, 0.3) is 0 Å². The van der Waals surface area contributed by atoms with Crippen molar-refractivity contribution in [3.63, 3.8) is 0 Å². The number of aliphatic hydroxyl groups excluding tert-OH is 1. The number of ether oxygens (including phenoxy) is 2. The predicted molar refractivity (Wildman–Crippen MR) is 155 cm³/mol. The van der Waals surface area contributed by atoms with Crippen molar-refractivity contribution in [2.75, 3.05) is 11.9 Å². The number of fused-ring (bicyclic) bond motifs is 3. The molecule has 0 saturated carbocycles. The fourth-order valence-electron chi connectivity index (χ4n) is 7.73. The lowest BCUT2D eigenvalue weighted by Gasteiger charge is -2.56. The SMILES string of the molecule is CC(C)[C@]1(O)N2CCC(CC(O)CC(=O)O)OC2(C2C=CC(F)=CC2)C2(c3ccccc3)OC21C(=O)Nc1ccccc1. The topological polar surface area (TPSA) is 132 Å². The van der Waals surface area contributed by atoms with Crippen molar-refractivity contribution in [1.82, 2.24) is 4.90 Å². The fourth-order valence-corrected chi connectivity index (χ4v) is 7.73. The number of morpholine rings is 1. The number of epoxide rings is 1. The van der Waals surface area contributed by atoms with E-state index in [1.165, 1.54) is 12.2 Å². The maximum atomic E-state index is 14.6. The number of carboxylic acids is 1. The van der Waals surface area contributed by atoms with Gasteiger partial charge in [0.25, 0.3) is 5.91 Å². The first-order valence-corrected chi connectivity index (χ1v) is 14.8. The monoisotopic (exact) mass is 592 g/mol. The number of amides is 1. The van der Waals surface area contributed by atoms with Gasteiger partial charge in [0.05, 0.1) is 18.6 Å². The van der Waals surface area contributed by atoms with Crippen LogP contribution in [0.5, 0.6) is 0 Å². The van der Waals surface area contributed by atoms with E-state index in [9.17, 15) is 29.3 Å². The highest BCUT2D eigenvalue weighted by atomic mass is 19.1. The Morgan fingerprint density at radius 2 is 1.79 bits per heavy atom. The molecule has 0 aromatic heterocycles. The van der Waals surface area contributed by atoms with E-state index in [4.69, 9.17) is 9.47 Å². The lowest BCUT2D eigenvalue weighted by atomic mass is 9.71. The summed E-state index contributed by atoms with van der Waals surface area (Å²) >= 11 is 0. The Morgan fingerprint density at radius 1 is 1.12 bits per heavy atom. The fraction of sp³-hybridized carbons (Fsp3) is 0.455. The van der Waals surface area contributed by atoms with Crippen LogP contribution in [0.2, 0.25) is 0 Å². The van der Waals surface area contributed by atoms with E-state index in [1.807, 2.05) is 55.1 Å². The van der Waals surface area contributed by atoms with Crippen LogP contribution in [-0.2, 0) is 24.7 Å². The number of carbonyl (C=O) groups excluding carboxylic acids is 1. The Kier molecular flexibility index (Phi) is 7.34. The van der Waals surface area contributed by atoms with E-state index in [1.54, 1.807) is 30.3 Å². The molecule has 0 spiro atoms. The van der Waals surface area contributed by atoms with E-state index in [0.29, 0.717) is 17.7 Å².